The number of rotatable bonds is 2. The summed E-state index contributed by atoms with van der Waals surface area (Å²) in [6.07, 6.45) is 7.52. The van der Waals surface area contributed by atoms with Gasteiger partial charge in [-0.25, -0.2) is 9.97 Å². The number of nitrogens with zero attached hydrogens (tertiary/aromatic N) is 3. The van der Waals surface area contributed by atoms with Crippen LogP contribution in [0.15, 0.2) is 18.6 Å². The van der Waals surface area contributed by atoms with Gasteiger partial charge < -0.3 is 15.2 Å². The monoisotopic (exact) mass is 271 g/mol. The predicted octanol–water partition coefficient (Wildman–Crippen LogP) is 1.78. The van der Waals surface area contributed by atoms with E-state index in [1.165, 1.54) is 32.4 Å². The summed E-state index contributed by atoms with van der Waals surface area (Å²) in [4.78, 5) is 14.3. The Kier molecular flexibility index (Phi) is 2.88. The predicted molar refractivity (Wildman–Crippen MR) is 79.8 cm³/mol. The highest BCUT2D eigenvalue weighted by molar-refractivity contribution is 5.87. The van der Waals surface area contributed by atoms with Gasteiger partial charge in [-0.2, -0.15) is 0 Å². The van der Waals surface area contributed by atoms with Crippen LogP contribution in [-0.2, 0) is 0 Å². The third kappa shape index (κ3) is 1.88. The standard InChI is InChI=1S/C15H21N5/c1-20(12-6-10-2-4-16-8-11(10)7-12)15-13-3-5-17-14(13)18-9-19-15/h3,5,9-12,16H,2,4,6-8H2,1H3,(H,17,18,19)/t10-,11+,12?/m1/s1. The van der Waals surface area contributed by atoms with E-state index in [1.807, 2.05) is 6.20 Å². The number of H-pyrrole nitrogens is 1. The van der Waals surface area contributed by atoms with Gasteiger partial charge in [0.15, 0.2) is 0 Å². The van der Waals surface area contributed by atoms with Crippen LogP contribution < -0.4 is 10.2 Å². The van der Waals surface area contributed by atoms with Crippen molar-refractivity contribution < 1.29 is 0 Å². The number of hydrogen-bond acceptors (Lipinski definition) is 4. The zero-order valence-corrected chi connectivity index (χ0v) is 11.8. The molecule has 1 aliphatic heterocycles. The van der Waals surface area contributed by atoms with E-state index in [0.29, 0.717) is 6.04 Å². The SMILES string of the molecule is CN(c1ncnc2[nH]ccc12)C1C[C@H]2CCNC[C@@H]2C1. The lowest BCUT2D eigenvalue weighted by atomic mass is 9.90. The lowest BCUT2D eigenvalue weighted by Gasteiger charge is -2.26. The van der Waals surface area contributed by atoms with Crippen LogP contribution in [-0.4, -0.2) is 41.1 Å². The quantitative estimate of drug-likeness (QED) is 0.874. The zero-order valence-electron chi connectivity index (χ0n) is 11.8. The van der Waals surface area contributed by atoms with E-state index in [0.717, 1.165) is 28.7 Å². The topological polar surface area (TPSA) is 56.8 Å². The van der Waals surface area contributed by atoms with Gasteiger partial charge in [-0.1, -0.05) is 0 Å². The van der Waals surface area contributed by atoms with Crippen molar-refractivity contribution in [2.45, 2.75) is 25.3 Å². The molecule has 2 aliphatic rings. The fraction of sp³-hybridized carbons (Fsp3) is 0.600. The molecule has 3 heterocycles. The van der Waals surface area contributed by atoms with E-state index in [1.54, 1.807) is 6.33 Å². The van der Waals surface area contributed by atoms with Gasteiger partial charge in [0.1, 0.15) is 17.8 Å². The summed E-state index contributed by atoms with van der Waals surface area (Å²) in [7, 11) is 2.18. The minimum Gasteiger partial charge on any atom is -0.356 e. The van der Waals surface area contributed by atoms with E-state index >= 15 is 0 Å². The second-order valence-corrected chi connectivity index (χ2v) is 6.19. The Morgan fingerprint density at radius 2 is 2.15 bits per heavy atom. The fourth-order valence-corrected chi connectivity index (χ4v) is 3.99. The van der Waals surface area contributed by atoms with Crippen molar-refractivity contribution in [2.75, 3.05) is 25.0 Å². The molecule has 2 fully saturated rings. The molecule has 0 aromatic carbocycles. The Morgan fingerprint density at radius 3 is 3.05 bits per heavy atom. The van der Waals surface area contributed by atoms with Crippen LogP contribution in [0.2, 0.25) is 0 Å². The van der Waals surface area contributed by atoms with Crippen molar-refractivity contribution >= 4 is 16.9 Å². The van der Waals surface area contributed by atoms with Crippen LogP contribution in [0.4, 0.5) is 5.82 Å². The van der Waals surface area contributed by atoms with Crippen molar-refractivity contribution in [1.82, 2.24) is 20.3 Å². The van der Waals surface area contributed by atoms with E-state index in [9.17, 15) is 0 Å². The second-order valence-electron chi connectivity index (χ2n) is 6.19. The molecule has 0 amide bonds. The maximum absolute atomic E-state index is 4.52. The molecular weight excluding hydrogens is 250 g/mol. The van der Waals surface area contributed by atoms with Gasteiger partial charge in [0.05, 0.1) is 5.39 Å². The van der Waals surface area contributed by atoms with E-state index in [-0.39, 0.29) is 0 Å². The molecule has 1 aliphatic carbocycles. The van der Waals surface area contributed by atoms with Crippen molar-refractivity contribution in [3.05, 3.63) is 18.6 Å². The summed E-state index contributed by atoms with van der Waals surface area (Å²) < 4.78 is 0. The van der Waals surface area contributed by atoms with Gasteiger partial charge >= 0.3 is 0 Å². The molecule has 5 nitrogen and oxygen atoms in total. The van der Waals surface area contributed by atoms with Crippen molar-refractivity contribution in [3.63, 3.8) is 0 Å². The number of hydrogen-bond donors (Lipinski definition) is 2. The van der Waals surface area contributed by atoms with Crippen LogP contribution in [0.25, 0.3) is 11.0 Å². The average Bonchev–Trinajstić information content (AvgIpc) is 3.12. The number of piperidine rings is 1. The third-order valence-corrected chi connectivity index (χ3v) is 5.13. The van der Waals surface area contributed by atoms with Crippen LogP contribution in [0, 0.1) is 11.8 Å². The first-order chi connectivity index (χ1) is 9.83. The molecule has 3 atom stereocenters. The fourth-order valence-electron chi connectivity index (χ4n) is 3.99. The maximum Gasteiger partial charge on any atom is 0.142 e. The van der Waals surface area contributed by atoms with E-state index in [4.69, 9.17) is 0 Å². The molecule has 1 saturated carbocycles. The molecule has 0 radical (unpaired) electrons. The lowest BCUT2D eigenvalue weighted by molar-refractivity contribution is 0.295. The second kappa shape index (κ2) is 4.74. The van der Waals surface area contributed by atoms with Crippen LogP contribution in [0.5, 0.6) is 0 Å². The average molecular weight is 271 g/mol. The molecule has 2 aromatic heterocycles. The molecule has 5 heteroatoms. The van der Waals surface area contributed by atoms with Crippen LogP contribution in [0.1, 0.15) is 19.3 Å². The van der Waals surface area contributed by atoms with Gasteiger partial charge in [-0.15, -0.1) is 0 Å². The summed E-state index contributed by atoms with van der Waals surface area (Å²) >= 11 is 0. The lowest BCUT2D eigenvalue weighted by Crippen LogP contribution is -2.33. The summed E-state index contributed by atoms with van der Waals surface area (Å²) in [6, 6.07) is 2.68. The molecule has 4 rings (SSSR count). The Bertz CT molecular complexity index is 593. The minimum absolute atomic E-state index is 0.609. The Hall–Kier alpha value is -1.62. The number of aromatic amines is 1. The van der Waals surface area contributed by atoms with Crippen molar-refractivity contribution in [2.24, 2.45) is 11.8 Å². The largest absolute Gasteiger partial charge is 0.356 e. The normalized spacial score (nSPS) is 29.6. The summed E-state index contributed by atoms with van der Waals surface area (Å²) in [6.45, 7) is 2.38. The van der Waals surface area contributed by atoms with Gasteiger partial charge in [-0.3, -0.25) is 0 Å². The first kappa shape index (κ1) is 12.1. The van der Waals surface area contributed by atoms with Gasteiger partial charge in [0.25, 0.3) is 0 Å². The van der Waals surface area contributed by atoms with Crippen LogP contribution >= 0.6 is 0 Å². The van der Waals surface area contributed by atoms with Gasteiger partial charge in [0.2, 0.25) is 0 Å². The van der Waals surface area contributed by atoms with Gasteiger partial charge in [0, 0.05) is 19.3 Å². The molecule has 20 heavy (non-hydrogen) atoms. The highest BCUT2D eigenvalue weighted by atomic mass is 15.2. The third-order valence-electron chi connectivity index (χ3n) is 5.13. The number of nitrogens with one attached hydrogen (secondary N) is 2. The molecule has 106 valence electrons. The molecule has 0 spiro atoms. The summed E-state index contributed by atoms with van der Waals surface area (Å²) in [5.41, 5.74) is 0.930. The Labute approximate surface area is 118 Å². The Morgan fingerprint density at radius 1 is 1.25 bits per heavy atom. The zero-order chi connectivity index (χ0) is 13.5. The first-order valence-electron chi connectivity index (χ1n) is 7.54. The van der Waals surface area contributed by atoms with E-state index < -0.39 is 0 Å². The van der Waals surface area contributed by atoms with Crippen LogP contribution in [0.3, 0.4) is 0 Å². The molecule has 2 N–H and O–H groups in total. The Balaban J connectivity index is 1.61. The molecule has 1 unspecified atom stereocenters. The molecule has 1 saturated heterocycles. The molecule has 2 aromatic rings. The molecular formula is C15H21N5. The van der Waals surface area contributed by atoms with Gasteiger partial charge in [-0.05, 0) is 50.3 Å². The first-order valence-corrected chi connectivity index (χ1v) is 7.54. The van der Waals surface area contributed by atoms with Crippen molar-refractivity contribution in [3.8, 4) is 0 Å². The summed E-state index contributed by atoms with van der Waals surface area (Å²) in [5.74, 6) is 2.81. The number of fused-ring (bicyclic) bond motifs is 2. The minimum atomic E-state index is 0.609. The van der Waals surface area contributed by atoms with Crippen molar-refractivity contribution in [1.29, 1.82) is 0 Å². The smallest absolute Gasteiger partial charge is 0.142 e. The molecule has 0 bridgehead atoms. The number of aromatic nitrogens is 3. The maximum atomic E-state index is 4.52. The summed E-state index contributed by atoms with van der Waals surface area (Å²) in [5, 5.41) is 4.66. The van der Waals surface area contributed by atoms with E-state index in [2.05, 4.69) is 38.3 Å². The highest BCUT2D eigenvalue weighted by Gasteiger charge is 2.37. The highest BCUT2D eigenvalue weighted by Crippen LogP contribution is 2.39. The number of anilines is 1.